The molecule has 33 heavy (non-hydrogen) atoms. The zero-order chi connectivity index (χ0) is 23.9. The Labute approximate surface area is 193 Å². The Morgan fingerprint density at radius 2 is 1.94 bits per heavy atom. The van der Waals surface area contributed by atoms with Crippen molar-refractivity contribution in [3.8, 4) is 0 Å². The van der Waals surface area contributed by atoms with E-state index >= 15 is 0 Å². The monoisotopic (exact) mass is 471 g/mol. The second kappa shape index (κ2) is 8.68. The Hall–Kier alpha value is -3.11. The predicted octanol–water partition coefficient (Wildman–Crippen LogP) is 2.48. The van der Waals surface area contributed by atoms with E-state index in [0.717, 1.165) is 37.1 Å². The second-order valence-electron chi connectivity index (χ2n) is 8.42. The summed E-state index contributed by atoms with van der Waals surface area (Å²) in [7, 11) is -3.44. The highest BCUT2D eigenvalue weighted by Crippen LogP contribution is 2.37. The van der Waals surface area contributed by atoms with Gasteiger partial charge in [0.15, 0.2) is 0 Å². The molecule has 0 saturated heterocycles. The molecule has 0 unspecified atom stereocenters. The van der Waals surface area contributed by atoms with E-state index in [1.54, 1.807) is 24.3 Å². The molecule has 10 heteroatoms. The number of likely N-dealkylation sites (N-methyl/N-ethyl adjacent to an activating group) is 1. The van der Waals surface area contributed by atoms with Crippen LogP contribution in [0.5, 0.6) is 0 Å². The number of anilines is 2. The van der Waals surface area contributed by atoms with Crippen LogP contribution >= 0.6 is 0 Å². The molecule has 2 amide bonds. The fourth-order valence-corrected chi connectivity index (χ4v) is 4.94. The lowest BCUT2D eigenvalue weighted by Gasteiger charge is -2.22. The fraction of sp³-hybridized carbons (Fsp3) is 0.391. The molecule has 3 heterocycles. The van der Waals surface area contributed by atoms with Gasteiger partial charge in [0, 0.05) is 41.4 Å². The van der Waals surface area contributed by atoms with Crippen LogP contribution in [0.3, 0.4) is 0 Å². The molecule has 4 rings (SSSR count). The summed E-state index contributed by atoms with van der Waals surface area (Å²) in [6, 6.07) is 4.90. The molecule has 2 aliphatic heterocycles. The number of benzene rings is 1. The molecule has 0 atom stereocenters. The maximum atomic E-state index is 13.0. The molecule has 9 nitrogen and oxygen atoms in total. The fourth-order valence-electron chi connectivity index (χ4n) is 4.39. The molecule has 0 fully saturated rings. The van der Waals surface area contributed by atoms with E-state index < -0.39 is 10.0 Å². The highest BCUT2D eigenvalue weighted by atomic mass is 32.2. The Morgan fingerprint density at radius 3 is 2.58 bits per heavy atom. The maximum Gasteiger partial charge on any atom is 0.256 e. The van der Waals surface area contributed by atoms with Gasteiger partial charge in [-0.05, 0) is 49.9 Å². The molecule has 0 spiro atoms. The van der Waals surface area contributed by atoms with Crippen LogP contribution in [-0.2, 0) is 21.4 Å². The van der Waals surface area contributed by atoms with E-state index in [2.05, 4.69) is 33.8 Å². The number of carbonyl (C=O) groups is 2. The third-order valence-corrected chi connectivity index (χ3v) is 6.80. The number of H-pyrrole nitrogens is 1. The first-order chi connectivity index (χ1) is 15.6. The van der Waals surface area contributed by atoms with Crippen LogP contribution in [0.4, 0.5) is 11.4 Å². The summed E-state index contributed by atoms with van der Waals surface area (Å²) in [6.07, 6.45) is 2.80. The first-order valence-electron chi connectivity index (χ1n) is 11.0. The average molecular weight is 472 g/mol. The summed E-state index contributed by atoms with van der Waals surface area (Å²) >= 11 is 0. The molecule has 2 aliphatic rings. The van der Waals surface area contributed by atoms with E-state index in [-0.39, 0.29) is 11.8 Å². The first-order valence-corrected chi connectivity index (χ1v) is 12.9. The summed E-state index contributed by atoms with van der Waals surface area (Å²) in [4.78, 5) is 33.1. The third kappa shape index (κ3) is 4.53. The number of carbonyl (C=O) groups excluding carboxylic acids is 2. The normalized spacial score (nSPS) is 16.5. The van der Waals surface area contributed by atoms with Gasteiger partial charge < -0.3 is 20.1 Å². The highest BCUT2D eigenvalue weighted by Gasteiger charge is 2.33. The standard InChI is InChI=1S/C23H29N5O4S/c1-5-27(6-2)9-10-28-13-20-21(23(28)30)14(3)19(24-20)12-17-16-11-15(26-33(4,31)32)7-8-18(16)25-22(17)29/h7-8,11-12,24,26H,5-6,9-10,13H2,1-4H3,(H,25,29)/b17-12-. The van der Waals surface area contributed by atoms with Crippen LogP contribution in [-0.4, -0.2) is 67.5 Å². The minimum atomic E-state index is -3.44. The van der Waals surface area contributed by atoms with Gasteiger partial charge in [-0.2, -0.15) is 0 Å². The molecule has 2 aromatic rings. The Kier molecular flexibility index (Phi) is 6.06. The van der Waals surface area contributed by atoms with Crippen molar-refractivity contribution >= 4 is 44.9 Å². The smallest absolute Gasteiger partial charge is 0.256 e. The lowest BCUT2D eigenvalue weighted by atomic mass is 10.0. The van der Waals surface area contributed by atoms with Gasteiger partial charge in [-0.3, -0.25) is 14.3 Å². The Bertz CT molecular complexity index is 1260. The van der Waals surface area contributed by atoms with E-state index in [1.165, 1.54) is 0 Å². The van der Waals surface area contributed by atoms with Crippen molar-refractivity contribution < 1.29 is 18.0 Å². The summed E-state index contributed by atoms with van der Waals surface area (Å²) in [5, 5.41) is 2.80. The lowest BCUT2D eigenvalue weighted by molar-refractivity contribution is -0.110. The minimum absolute atomic E-state index is 0.00599. The predicted molar refractivity (Wildman–Crippen MR) is 129 cm³/mol. The second-order valence-corrected chi connectivity index (χ2v) is 10.2. The average Bonchev–Trinajstić information content (AvgIpc) is 3.34. The molecular formula is C23H29N5O4S. The molecule has 3 N–H and O–H groups in total. The van der Waals surface area contributed by atoms with Crippen molar-refractivity contribution in [1.82, 2.24) is 14.8 Å². The van der Waals surface area contributed by atoms with Crippen LogP contribution in [0.1, 0.15) is 46.7 Å². The van der Waals surface area contributed by atoms with Gasteiger partial charge in [-0.1, -0.05) is 13.8 Å². The SMILES string of the molecule is CCN(CC)CCN1Cc2[nH]c(/C=C3\C(=O)Nc4ccc(NS(C)(=O)=O)cc43)c(C)c2C1=O. The van der Waals surface area contributed by atoms with Crippen LogP contribution in [0.25, 0.3) is 11.6 Å². The summed E-state index contributed by atoms with van der Waals surface area (Å²) in [5.74, 6) is -0.269. The molecule has 0 radical (unpaired) electrons. The number of sulfonamides is 1. The number of hydrogen-bond donors (Lipinski definition) is 3. The number of aromatic amines is 1. The van der Waals surface area contributed by atoms with Gasteiger partial charge in [0.1, 0.15) is 0 Å². The number of nitrogens with one attached hydrogen (secondary N) is 3. The minimum Gasteiger partial charge on any atom is -0.357 e. The quantitative estimate of drug-likeness (QED) is 0.512. The molecular weight excluding hydrogens is 442 g/mol. The number of rotatable bonds is 8. The zero-order valence-electron chi connectivity index (χ0n) is 19.3. The van der Waals surface area contributed by atoms with Crippen molar-refractivity contribution in [3.63, 3.8) is 0 Å². The lowest BCUT2D eigenvalue weighted by Crippen LogP contribution is -2.35. The van der Waals surface area contributed by atoms with Crippen LogP contribution in [0.15, 0.2) is 18.2 Å². The molecule has 0 saturated carbocycles. The maximum absolute atomic E-state index is 13.0. The Morgan fingerprint density at radius 1 is 1.21 bits per heavy atom. The van der Waals surface area contributed by atoms with Crippen molar-refractivity contribution in [1.29, 1.82) is 0 Å². The van der Waals surface area contributed by atoms with Gasteiger partial charge in [-0.25, -0.2) is 8.42 Å². The summed E-state index contributed by atoms with van der Waals surface area (Å²) < 4.78 is 25.6. The molecule has 1 aromatic carbocycles. The summed E-state index contributed by atoms with van der Waals surface area (Å²) in [6.45, 7) is 10.0. The highest BCUT2D eigenvalue weighted by molar-refractivity contribution is 7.92. The molecule has 1 aromatic heterocycles. The third-order valence-electron chi connectivity index (χ3n) is 6.19. The van der Waals surface area contributed by atoms with E-state index in [0.29, 0.717) is 46.9 Å². The number of amides is 2. The van der Waals surface area contributed by atoms with Crippen LogP contribution < -0.4 is 10.0 Å². The molecule has 0 aliphatic carbocycles. The van der Waals surface area contributed by atoms with Gasteiger partial charge >= 0.3 is 0 Å². The van der Waals surface area contributed by atoms with Crippen LogP contribution in [0, 0.1) is 6.92 Å². The van der Waals surface area contributed by atoms with Crippen LogP contribution in [0.2, 0.25) is 0 Å². The molecule has 176 valence electrons. The number of hydrogen-bond acceptors (Lipinski definition) is 5. The van der Waals surface area contributed by atoms with Crippen molar-refractivity contribution in [3.05, 3.63) is 46.3 Å². The van der Waals surface area contributed by atoms with E-state index in [9.17, 15) is 18.0 Å². The van der Waals surface area contributed by atoms with Crippen molar-refractivity contribution in [2.45, 2.75) is 27.3 Å². The van der Waals surface area contributed by atoms with Gasteiger partial charge in [0.25, 0.3) is 11.8 Å². The summed E-state index contributed by atoms with van der Waals surface area (Å²) in [5.41, 5.74) is 5.05. The zero-order valence-corrected chi connectivity index (χ0v) is 20.1. The number of aromatic nitrogens is 1. The van der Waals surface area contributed by atoms with E-state index in [1.807, 2.05) is 11.8 Å². The largest absolute Gasteiger partial charge is 0.357 e. The van der Waals surface area contributed by atoms with Gasteiger partial charge in [-0.15, -0.1) is 0 Å². The number of fused-ring (bicyclic) bond motifs is 2. The molecule has 0 bridgehead atoms. The van der Waals surface area contributed by atoms with Crippen molar-refractivity contribution in [2.75, 3.05) is 42.5 Å². The van der Waals surface area contributed by atoms with E-state index in [4.69, 9.17) is 0 Å². The topological polar surface area (TPSA) is 115 Å². The van der Waals surface area contributed by atoms with Gasteiger partial charge in [0.2, 0.25) is 10.0 Å². The Balaban J connectivity index is 1.60. The first kappa shape index (κ1) is 23.1. The van der Waals surface area contributed by atoms with Gasteiger partial charge in [0.05, 0.1) is 23.9 Å². The van der Waals surface area contributed by atoms with Crippen molar-refractivity contribution in [2.24, 2.45) is 0 Å². The number of nitrogens with zero attached hydrogens (tertiary/aromatic N) is 2.